The SMILES string of the molecule is O=C(OC(Cc1c(Cl)c[n+]([O-])cc1Cl)c1ccc(OC(F)F)c(OCC2CC2)c1)c1ccc(NC(C(=O)O[C@H]2CN3CCC2CC3)c2ccccc2F)cc1. The van der Waals surface area contributed by atoms with Crippen LogP contribution in [0.5, 0.6) is 11.5 Å². The first-order chi connectivity index (χ1) is 26.5. The van der Waals surface area contributed by atoms with Gasteiger partial charge in [0.25, 0.3) is 0 Å². The highest BCUT2D eigenvalue weighted by Gasteiger charge is 2.38. The van der Waals surface area contributed by atoms with Gasteiger partial charge in [-0.2, -0.15) is 13.5 Å². The first kappa shape index (κ1) is 38.6. The van der Waals surface area contributed by atoms with Gasteiger partial charge in [0.05, 0.1) is 12.2 Å². The molecule has 1 saturated carbocycles. The van der Waals surface area contributed by atoms with Crippen LogP contribution in [0.4, 0.5) is 18.9 Å². The molecule has 3 saturated heterocycles. The Morgan fingerprint density at radius 3 is 2.29 bits per heavy atom. The van der Waals surface area contributed by atoms with E-state index in [1.165, 1.54) is 48.5 Å². The van der Waals surface area contributed by atoms with Gasteiger partial charge in [0.1, 0.15) is 28.1 Å². The fourth-order valence-electron chi connectivity index (χ4n) is 6.96. The lowest BCUT2D eigenvalue weighted by molar-refractivity contribution is -0.605. The molecule has 10 nitrogen and oxygen atoms in total. The maximum absolute atomic E-state index is 15.1. The number of halogens is 5. The van der Waals surface area contributed by atoms with Gasteiger partial charge < -0.3 is 29.5 Å². The van der Waals surface area contributed by atoms with Crippen molar-refractivity contribution in [2.75, 3.05) is 31.6 Å². The Morgan fingerprint density at radius 1 is 0.945 bits per heavy atom. The molecule has 2 unspecified atom stereocenters. The quantitative estimate of drug-likeness (QED) is 0.0725. The van der Waals surface area contributed by atoms with Crippen LogP contribution in [0.3, 0.4) is 0 Å². The number of alkyl halides is 2. The molecule has 8 rings (SSSR count). The van der Waals surface area contributed by atoms with E-state index >= 15 is 4.39 Å². The highest BCUT2D eigenvalue weighted by Crippen LogP contribution is 2.38. The summed E-state index contributed by atoms with van der Waals surface area (Å²) in [7, 11) is 0. The smallest absolute Gasteiger partial charge is 0.387 e. The number of carbonyl (C=O) groups is 2. The first-order valence-electron chi connectivity index (χ1n) is 18.0. The molecule has 4 fully saturated rings. The van der Waals surface area contributed by atoms with E-state index in [4.69, 9.17) is 37.4 Å². The Kier molecular flexibility index (Phi) is 11.9. The molecule has 0 radical (unpaired) electrons. The van der Waals surface area contributed by atoms with Crippen molar-refractivity contribution in [1.82, 2.24) is 4.90 Å². The van der Waals surface area contributed by atoms with E-state index in [1.807, 2.05) is 0 Å². The van der Waals surface area contributed by atoms with Crippen LogP contribution in [0.1, 0.15) is 64.9 Å². The Morgan fingerprint density at radius 2 is 1.65 bits per heavy atom. The van der Waals surface area contributed by atoms with Crippen molar-refractivity contribution < 1.29 is 46.4 Å². The summed E-state index contributed by atoms with van der Waals surface area (Å²) < 4.78 is 64.5. The lowest BCUT2D eigenvalue weighted by atomic mass is 9.86. The molecular weight excluding hydrogens is 762 g/mol. The van der Waals surface area contributed by atoms with Crippen molar-refractivity contribution in [2.24, 2.45) is 11.8 Å². The molecule has 55 heavy (non-hydrogen) atoms. The van der Waals surface area contributed by atoms with E-state index < -0.39 is 36.5 Å². The van der Waals surface area contributed by atoms with Crippen LogP contribution in [0.2, 0.25) is 10.0 Å². The van der Waals surface area contributed by atoms with E-state index in [2.05, 4.69) is 15.0 Å². The molecule has 4 aromatic rings. The number of piperidine rings is 3. The molecule has 4 aliphatic rings. The normalized spacial score (nSPS) is 20.1. The van der Waals surface area contributed by atoms with E-state index in [9.17, 15) is 23.6 Å². The van der Waals surface area contributed by atoms with Crippen molar-refractivity contribution in [2.45, 2.75) is 57.0 Å². The number of hydrogen-bond acceptors (Lipinski definition) is 9. The van der Waals surface area contributed by atoms with E-state index in [1.54, 1.807) is 18.2 Å². The molecular formula is C40H38Cl2F3N3O7. The topological polar surface area (TPSA) is 113 Å². The summed E-state index contributed by atoms with van der Waals surface area (Å²) in [5, 5.41) is 15.1. The van der Waals surface area contributed by atoms with Crippen molar-refractivity contribution in [3.05, 3.63) is 122 Å². The molecule has 3 atom stereocenters. The van der Waals surface area contributed by atoms with Gasteiger partial charge in [-0.15, -0.1) is 0 Å². The standard InChI is InChI=1S/C40H38Cl2F3N3O7/c41-30-19-48(51)20-31(42)29(30)18-34(26-9-12-33(55-40(44)45)35(17-26)52-22-23-5-6-23)53-38(49)25-7-10-27(11-8-25)46-37(28-3-1-2-4-32(28)43)39(50)54-36-21-47-15-13-24(36)14-16-47/h1-4,7-12,17,19-20,23-24,34,36-37,40,46H,5-6,13-16,18,21-22H2/t34?,36-,37?/m0/s1. The van der Waals surface area contributed by atoms with Crippen molar-refractivity contribution in [3.63, 3.8) is 0 Å². The maximum atomic E-state index is 15.1. The minimum Gasteiger partial charge on any atom is -0.619 e. The van der Waals surface area contributed by atoms with Crippen LogP contribution < -0.4 is 19.5 Å². The highest BCUT2D eigenvalue weighted by atomic mass is 35.5. The van der Waals surface area contributed by atoms with Gasteiger partial charge in [0, 0.05) is 29.8 Å². The molecule has 290 valence electrons. The average molecular weight is 801 g/mol. The zero-order chi connectivity index (χ0) is 38.6. The third-order valence-corrected chi connectivity index (χ3v) is 10.8. The number of pyridine rings is 1. The monoisotopic (exact) mass is 799 g/mol. The second-order valence-electron chi connectivity index (χ2n) is 14.0. The molecule has 1 aromatic heterocycles. The molecule has 1 N–H and O–H groups in total. The van der Waals surface area contributed by atoms with E-state index in [-0.39, 0.29) is 51.1 Å². The van der Waals surface area contributed by atoms with Gasteiger partial charge in [0.2, 0.25) is 0 Å². The lowest BCUT2D eigenvalue weighted by Crippen LogP contribution is -2.52. The summed E-state index contributed by atoms with van der Waals surface area (Å²) in [6, 6.07) is 15.1. The van der Waals surface area contributed by atoms with Crippen molar-refractivity contribution >= 4 is 40.8 Å². The number of hydrogen-bond donors (Lipinski definition) is 1. The number of nitrogens with one attached hydrogen (secondary N) is 1. The summed E-state index contributed by atoms with van der Waals surface area (Å²) in [6.07, 6.45) is 4.55. The van der Waals surface area contributed by atoms with Crippen molar-refractivity contribution in [1.29, 1.82) is 0 Å². The summed E-state index contributed by atoms with van der Waals surface area (Å²) in [6.45, 7) is -0.225. The Labute approximate surface area is 325 Å². The molecule has 4 heterocycles. The summed E-state index contributed by atoms with van der Waals surface area (Å²) >= 11 is 12.8. The fraction of sp³-hybridized carbons (Fsp3) is 0.375. The summed E-state index contributed by atoms with van der Waals surface area (Å²) in [5.74, 6) is -1.53. The van der Waals surface area contributed by atoms with Gasteiger partial charge in [-0.1, -0.05) is 47.5 Å². The molecule has 2 bridgehead atoms. The molecule has 0 amide bonds. The first-order valence-corrected chi connectivity index (χ1v) is 18.8. The highest BCUT2D eigenvalue weighted by molar-refractivity contribution is 6.35. The number of nitrogens with zero attached hydrogens (tertiary/aromatic N) is 2. The van der Waals surface area contributed by atoms with Gasteiger partial charge in [-0.25, -0.2) is 14.0 Å². The lowest BCUT2D eigenvalue weighted by Gasteiger charge is -2.44. The van der Waals surface area contributed by atoms with Gasteiger partial charge >= 0.3 is 18.6 Å². The maximum Gasteiger partial charge on any atom is 0.387 e. The van der Waals surface area contributed by atoms with Crippen LogP contribution in [-0.4, -0.2) is 55.8 Å². The predicted molar refractivity (Wildman–Crippen MR) is 197 cm³/mol. The predicted octanol–water partition coefficient (Wildman–Crippen LogP) is 8.09. The number of esters is 2. The number of anilines is 1. The van der Waals surface area contributed by atoms with Crippen LogP contribution in [0.25, 0.3) is 0 Å². The van der Waals surface area contributed by atoms with Gasteiger partial charge in [0.15, 0.2) is 29.9 Å². The number of fused-ring (bicyclic) bond motifs is 3. The second kappa shape index (κ2) is 17.0. The van der Waals surface area contributed by atoms with Crippen LogP contribution >= 0.6 is 23.2 Å². The fourth-order valence-corrected chi connectivity index (χ4v) is 7.56. The van der Waals surface area contributed by atoms with Crippen LogP contribution in [0.15, 0.2) is 79.1 Å². The average Bonchev–Trinajstić information content (AvgIpc) is 4.00. The number of carbonyl (C=O) groups excluding carboxylic acids is 2. The van der Waals surface area contributed by atoms with Crippen LogP contribution in [-0.2, 0) is 20.7 Å². The van der Waals surface area contributed by atoms with Gasteiger partial charge in [-0.05, 0) is 98.6 Å². The van der Waals surface area contributed by atoms with Gasteiger partial charge in [-0.3, -0.25) is 4.90 Å². The molecule has 1 aliphatic carbocycles. The summed E-state index contributed by atoms with van der Waals surface area (Å²) in [5.41, 5.74) is 1.32. The van der Waals surface area contributed by atoms with E-state index in [0.717, 1.165) is 51.2 Å². The number of ether oxygens (including phenoxy) is 4. The number of benzene rings is 3. The summed E-state index contributed by atoms with van der Waals surface area (Å²) in [4.78, 5) is 29.6. The second-order valence-corrected chi connectivity index (χ2v) is 14.8. The number of rotatable bonds is 15. The number of aromatic nitrogens is 1. The Bertz CT molecular complexity index is 1990. The molecule has 15 heteroatoms. The zero-order valence-electron chi connectivity index (χ0n) is 29.5. The molecule has 0 spiro atoms. The third-order valence-electron chi connectivity index (χ3n) is 10.2. The molecule has 3 aromatic carbocycles. The van der Waals surface area contributed by atoms with Crippen molar-refractivity contribution in [3.8, 4) is 11.5 Å². The third kappa shape index (κ3) is 9.57. The Balaban J connectivity index is 1.12. The zero-order valence-corrected chi connectivity index (χ0v) is 31.0. The largest absolute Gasteiger partial charge is 0.619 e. The Hall–Kier alpha value is -4.72. The minimum atomic E-state index is -3.10. The minimum absolute atomic E-state index is 0.0262. The van der Waals surface area contributed by atoms with Crippen LogP contribution in [0, 0.1) is 22.9 Å². The van der Waals surface area contributed by atoms with E-state index in [0.29, 0.717) is 40.6 Å². The molecule has 3 aliphatic heterocycles.